The van der Waals surface area contributed by atoms with Crippen LogP contribution in [0.5, 0.6) is 11.5 Å². The number of benzene rings is 2. The van der Waals surface area contributed by atoms with Crippen molar-refractivity contribution in [3.8, 4) is 11.5 Å². The highest BCUT2D eigenvalue weighted by atomic mass is 19.1. The van der Waals surface area contributed by atoms with E-state index < -0.39 is 5.82 Å². The Morgan fingerprint density at radius 3 is 2.67 bits per heavy atom. The molecule has 2 aromatic rings. The van der Waals surface area contributed by atoms with Gasteiger partial charge < -0.3 is 24.0 Å². The summed E-state index contributed by atoms with van der Waals surface area (Å²) in [5.41, 5.74) is 1.38. The molecule has 3 aliphatic rings. The van der Waals surface area contributed by atoms with Crippen LogP contribution >= 0.6 is 0 Å². The first-order chi connectivity index (χ1) is 17.7. The normalized spacial score (nSPS) is 23.7. The fourth-order valence-electron chi connectivity index (χ4n) is 6.32. The maximum Gasteiger partial charge on any atom is 0.256 e. The van der Waals surface area contributed by atoms with Crippen LogP contribution in [0.3, 0.4) is 0 Å². The molecule has 0 radical (unpaired) electrons. The van der Waals surface area contributed by atoms with E-state index in [2.05, 4.69) is 35.2 Å². The molecular weight excluding hydrogens is 459 g/mol. The predicted molar refractivity (Wildman–Crippen MR) is 136 cm³/mol. The topological polar surface area (TPSA) is 51.2 Å². The Morgan fingerprint density at radius 2 is 1.89 bits per heavy atom. The van der Waals surface area contributed by atoms with Gasteiger partial charge in [-0.25, -0.2) is 4.39 Å². The summed E-state index contributed by atoms with van der Waals surface area (Å²) in [5.74, 6) is 0.113. The average molecular weight is 497 g/mol. The second-order valence-corrected chi connectivity index (χ2v) is 10.2. The maximum atomic E-state index is 15.3. The van der Waals surface area contributed by atoms with E-state index in [4.69, 9.17) is 14.2 Å². The molecule has 0 aromatic heterocycles. The van der Waals surface area contributed by atoms with Crippen molar-refractivity contribution in [2.24, 2.45) is 5.92 Å². The van der Waals surface area contributed by atoms with Crippen LogP contribution in [-0.2, 0) is 4.74 Å². The highest BCUT2D eigenvalue weighted by molar-refractivity contribution is 5.95. The zero-order chi connectivity index (χ0) is 24.9. The molecule has 7 heteroatoms. The lowest BCUT2D eigenvalue weighted by molar-refractivity contribution is 0.0621. The number of ether oxygens (including phenoxy) is 3. The van der Waals surface area contributed by atoms with Crippen LogP contribution in [0.25, 0.3) is 0 Å². The lowest BCUT2D eigenvalue weighted by Gasteiger charge is -2.39. The van der Waals surface area contributed by atoms with Gasteiger partial charge in [0.25, 0.3) is 5.91 Å². The van der Waals surface area contributed by atoms with E-state index in [0.717, 1.165) is 25.9 Å². The van der Waals surface area contributed by atoms with E-state index >= 15 is 4.39 Å². The average Bonchev–Trinajstić information content (AvgIpc) is 3.57. The molecular formula is C29H37FN2O4. The molecule has 1 saturated heterocycles. The highest BCUT2D eigenvalue weighted by Gasteiger charge is 2.42. The van der Waals surface area contributed by atoms with Gasteiger partial charge in [-0.05, 0) is 74.7 Å². The molecule has 3 atom stereocenters. The molecule has 0 spiro atoms. The van der Waals surface area contributed by atoms with Crippen LogP contribution in [0, 0.1) is 11.7 Å². The summed E-state index contributed by atoms with van der Waals surface area (Å²) in [4.78, 5) is 18.3. The molecule has 3 unspecified atom stereocenters. The van der Waals surface area contributed by atoms with E-state index in [-0.39, 0.29) is 29.9 Å². The highest BCUT2D eigenvalue weighted by Crippen LogP contribution is 2.44. The third-order valence-corrected chi connectivity index (χ3v) is 8.08. The zero-order valence-corrected chi connectivity index (χ0v) is 21.2. The number of halogens is 1. The number of amides is 1. The summed E-state index contributed by atoms with van der Waals surface area (Å²) in [6.45, 7) is 3.88. The Bertz CT molecular complexity index is 1030. The molecule has 1 saturated carbocycles. The van der Waals surface area contributed by atoms with Gasteiger partial charge in [0.2, 0.25) is 12.5 Å². The van der Waals surface area contributed by atoms with Gasteiger partial charge in [-0.3, -0.25) is 4.79 Å². The van der Waals surface area contributed by atoms with Gasteiger partial charge in [0.1, 0.15) is 0 Å². The van der Waals surface area contributed by atoms with Gasteiger partial charge in [-0.1, -0.05) is 36.8 Å². The molecule has 2 aromatic carbocycles. The molecule has 2 fully saturated rings. The molecule has 5 rings (SSSR count). The van der Waals surface area contributed by atoms with Crippen LogP contribution < -0.4 is 9.47 Å². The number of fused-ring (bicyclic) bond motifs is 1. The quantitative estimate of drug-likeness (QED) is 0.453. The molecule has 6 nitrogen and oxygen atoms in total. The van der Waals surface area contributed by atoms with Gasteiger partial charge in [0, 0.05) is 32.8 Å². The number of hydrogen-bond donors (Lipinski definition) is 0. The van der Waals surface area contributed by atoms with Crippen LogP contribution in [0.2, 0.25) is 0 Å². The van der Waals surface area contributed by atoms with E-state index in [1.807, 2.05) is 4.90 Å². The monoisotopic (exact) mass is 496 g/mol. The summed E-state index contributed by atoms with van der Waals surface area (Å²) in [7, 11) is 1.67. The fraction of sp³-hybridized carbons (Fsp3) is 0.552. The third-order valence-electron chi connectivity index (χ3n) is 8.08. The fourth-order valence-corrected chi connectivity index (χ4v) is 6.32. The summed E-state index contributed by atoms with van der Waals surface area (Å²) in [6.07, 6.45) is 6.69. The number of piperidine rings is 1. The molecule has 1 amide bonds. The smallest absolute Gasteiger partial charge is 0.256 e. The SMILES string of the molecule is COCCCN(CC1C(c2ccccc2)CCC1N1CCCCC1)C(=O)c1ccc2c(c1F)OCO2. The minimum absolute atomic E-state index is 0.0280. The van der Waals surface area contributed by atoms with Crippen LogP contribution in [0.4, 0.5) is 4.39 Å². The number of carbonyl (C=O) groups is 1. The van der Waals surface area contributed by atoms with E-state index in [1.54, 1.807) is 13.2 Å². The number of rotatable bonds is 9. The molecule has 194 valence electrons. The first-order valence-corrected chi connectivity index (χ1v) is 13.3. The lowest BCUT2D eigenvalue weighted by Crippen LogP contribution is -2.47. The van der Waals surface area contributed by atoms with Crippen molar-refractivity contribution in [3.63, 3.8) is 0 Å². The Kier molecular flexibility index (Phi) is 8.07. The van der Waals surface area contributed by atoms with Crippen molar-refractivity contribution in [1.82, 2.24) is 9.80 Å². The lowest BCUT2D eigenvalue weighted by atomic mass is 9.86. The van der Waals surface area contributed by atoms with Crippen molar-refractivity contribution in [2.45, 2.75) is 50.5 Å². The van der Waals surface area contributed by atoms with Gasteiger partial charge in [-0.2, -0.15) is 0 Å². The first-order valence-electron chi connectivity index (χ1n) is 13.3. The van der Waals surface area contributed by atoms with E-state index in [1.165, 1.54) is 30.9 Å². The summed E-state index contributed by atoms with van der Waals surface area (Å²) in [5, 5.41) is 0. The van der Waals surface area contributed by atoms with Gasteiger partial charge in [0.15, 0.2) is 11.6 Å². The molecule has 1 aliphatic carbocycles. The van der Waals surface area contributed by atoms with Crippen molar-refractivity contribution in [3.05, 3.63) is 59.4 Å². The first kappa shape index (κ1) is 25.0. The molecule has 0 bridgehead atoms. The minimum atomic E-state index is -0.634. The Balaban J connectivity index is 1.43. The Morgan fingerprint density at radius 1 is 1.08 bits per heavy atom. The molecule has 2 aliphatic heterocycles. The maximum absolute atomic E-state index is 15.3. The standard InChI is InChI=1S/C29H37FN2O4/c1-34-18-8-17-32(29(33)23-12-14-26-28(27(23)30)36-20-35-26)19-24-22(21-9-4-2-5-10-21)11-13-25(24)31-15-6-3-7-16-31/h2,4-5,9-10,12,14,22,24-25H,3,6-8,11,13,15-20H2,1H3. The van der Waals surface area contributed by atoms with Gasteiger partial charge in [0.05, 0.1) is 5.56 Å². The van der Waals surface area contributed by atoms with Crippen molar-refractivity contribution < 1.29 is 23.4 Å². The zero-order valence-electron chi connectivity index (χ0n) is 21.2. The van der Waals surface area contributed by atoms with E-state index in [0.29, 0.717) is 43.8 Å². The van der Waals surface area contributed by atoms with Crippen molar-refractivity contribution in [1.29, 1.82) is 0 Å². The number of hydrogen-bond acceptors (Lipinski definition) is 5. The third kappa shape index (κ3) is 5.23. The number of nitrogens with zero attached hydrogens (tertiary/aromatic N) is 2. The van der Waals surface area contributed by atoms with Crippen molar-refractivity contribution in [2.75, 3.05) is 46.7 Å². The summed E-state index contributed by atoms with van der Waals surface area (Å²) >= 11 is 0. The van der Waals surface area contributed by atoms with Crippen LogP contribution in [0.1, 0.15) is 60.4 Å². The summed E-state index contributed by atoms with van der Waals surface area (Å²) < 4.78 is 31.2. The van der Waals surface area contributed by atoms with Crippen LogP contribution in [-0.4, -0.2) is 68.4 Å². The number of methoxy groups -OCH3 is 1. The predicted octanol–water partition coefficient (Wildman–Crippen LogP) is 5.08. The van der Waals surface area contributed by atoms with Gasteiger partial charge in [-0.15, -0.1) is 0 Å². The Labute approximate surface area is 213 Å². The Hall–Kier alpha value is -2.64. The van der Waals surface area contributed by atoms with Gasteiger partial charge >= 0.3 is 0 Å². The largest absolute Gasteiger partial charge is 0.453 e. The minimum Gasteiger partial charge on any atom is -0.453 e. The summed E-state index contributed by atoms with van der Waals surface area (Å²) in [6, 6.07) is 14.3. The van der Waals surface area contributed by atoms with E-state index in [9.17, 15) is 4.79 Å². The number of carbonyl (C=O) groups excluding carboxylic acids is 1. The second-order valence-electron chi connectivity index (χ2n) is 10.2. The van der Waals surface area contributed by atoms with Crippen molar-refractivity contribution >= 4 is 5.91 Å². The van der Waals surface area contributed by atoms with Crippen LogP contribution in [0.15, 0.2) is 42.5 Å². The second kappa shape index (κ2) is 11.6. The molecule has 36 heavy (non-hydrogen) atoms. The molecule has 0 N–H and O–H groups in total. The number of likely N-dealkylation sites (tertiary alicyclic amines) is 1. The molecule has 2 heterocycles.